The van der Waals surface area contributed by atoms with Gasteiger partial charge in [0.25, 0.3) is 0 Å². The third-order valence-electron chi connectivity index (χ3n) is 0.774. The molecule has 0 atom stereocenters. The van der Waals surface area contributed by atoms with E-state index in [1.165, 1.54) is 0 Å². The second-order valence-corrected chi connectivity index (χ2v) is 1.94. The second kappa shape index (κ2) is 1.94. The van der Waals surface area contributed by atoms with E-state index in [4.69, 9.17) is 2.47 Å². The van der Waals surface area contributed by atoms with Gasteiger partial charge in [-0.3, -0.25) is 0 Å². The summed E-state index contributed by atoms with van der Waals surface area (Å²) in [6, 6.07) is 9.28. The number of rotatable bonds is 1. The van der Waals surface area contributed by atoms with E-state index in [1.54, 1.807) is 0 Å². The van der Waals surface area contributed by atoms with Crippen LogP contribution in [0.2, 0.25) is 0 Å². The van der Waals surface area contributed by atoms with Gasteiger partial charge in [-0.15, -0.1) is 0 Å². The summed E-state index contributed by atoms with van der Waals surface area (Å²) in [5.74, 6) is 0. The smallest absolute Gasteiger partial charge is 0.0477 e. The zero-order valence-corrected chi connectivity index (χ0v) is 4.89. The Morgan fingerprint density at radius 3 is 2.43 bits per heavy atom. The summed E-state index contributed by atoms with van der Waals surface area (Å²) in [5.41, 5.74) is 0. The average molecular weight is 111 g/mol. The molecular weight excluding hydrogens is 100 g/mol. The maximum Gasteiger partial charge on any atom is 0.0477 e. The summed E-state index contributed by atoms with van der Waals surface area (Å²) in [4.78, 5) is 0. The number of hydrogen-bond donors (Lipinski definition) is 0. The molecule has 0 nitrogen and oxygen atoms in total. The lowest BCUT2D eigenvalue weighted by Gasteiger charge is -1.82. The molecule has 1 heteroatoms. The molecule has 7 heavy (non-hydrogen) atoms. The van der Waals surface area contributed by atoms with Crippen LogP contribution in [0, 0.1) is 0 Å². The first-order valence-corrected chi connectivity index (χ1v) is 2.66. The fourth-order valence-electron chi connectivity index (χ4n) is 0.438. The van der Waals surface area contributed by atoms with Gasteiger partial charge in [0.05, 0.1) is 0 Å². The van der Waals surface area contributed by atoms with E-state index >= 15 is 0 Å². The van der Waals surface area contributed by atoms with Crippen molar-refractivity contribution in [2.24, 2.45) is 0 Å². The minimum absolute atomic E-state index is 0.850. The van der Waals surface area contributed by atoms with Gasteiger partial charge in [0.2, 0.25) is 0 Å². The molecule has 0 unspecified atom stereocenters. The highest BCUT2D eigenvalue weighted by Gasteiger charge is 1.72. The van der Waals surface area contributed by atoms with Crippen LogP contribution in [0.4, 0.5) is 0 Å². The van der Waals surface area contributed by atoms with E-state index in [0.717, 1.165) is 5.19 Å². The molecule has 1 radical (unpaired) electrons. The zero-order chi connectivity index (χ0) is 6.69. The first kappa shape index (κ1) is 2.67. The second-order valence-electron chi connectivity index (χ2n) is 1.37. The molecule has 0 aliphatic heterocycles. The highest BCUT2D eigenvalue weighted by Crippen LogP contribution is 1.76. The van der Waals surface area contributed by atoms with Crippen LogP contribution in [0.15, 0.2) is 30.3 Å². The summed E-state index contributed by atoms with van der Waals surface area (Å²) in [6.45, 7) is 0. The van der Waals surface area contributed by atoms with Gasteiger partial charge in [-0.1, -0.05) is 35.5 Å². The molecule has 0 bridgehead atoms. The van der Waals surface area contributed by atoms with Gasteiger partial charge in [-0.2, -0.15) is 0 Å². The first-order chi connectivity index (χ1) is 4.30. The molecule has 0 aliphatic rings. The normalized spacial score (nSPS) is 13.3. The molecule has 35 valence electrons. The van der Waals surface area contributed by atoms with Gasteiger partial charge >= 0.3 is 0 Å². The van der Waals surface area contributed by atoms with E-state index in [-0.39, 0.29) is 0 Å². The van der Waals surface area contributed by atoms with Crippen molar-refractivity contribution in [1.82, 2.24) is 0 Å². The van der Waals surface area contributed by atoms with Gasteiger partial charge in [0.15, 0.2) is 0 Å². The Morgan fingerprint density at radius 1 is 1.29 bits per heavy atom. The fraction of sp³-hybridized carbons (Fsp3) is 0. The zero-order valence-electron chi connectivity index (χ0n) is 5.89. The lowest BCUT2D eigenvalue weighted by molar-refractivity contribution is 1.78. The van der Waals surface area contributed by atoms with Crippen molar-refractivity contribution in [2.45, 2.75) is 0 Å². The van der Waals surface area contributed by atoms with Crippen LogP contribution >= 0.6 is 0 Å². The summed E-state index contributed by atoms with van der Waals surface area (Å²) in [6.07, 6.45) is 0. The van der Waals surface area contributed by atoms with Crippen LogP contribution in [0.5, 0.6) is 0 Å². The van der Waals surface area contributed by atoms with Gasteiger partial charge in [-0.25, -0.2) is 0 Å². The average Bonchev–Trinajstić information content (AvgIpc) is 1.90. The monoisotopic (exact) mass is 111 g/mol. The van der Waals surface area contributed by atoms with Gasteiger partial charge in [-0.05, 0) is 0 Å². The Kier molecular flexibility index (Phi) is 0.739. The Morgan fingerprint density at radius 2 is 2.00 bits per heavy atom. The van der Waals surface area contributed by atoms with Crippen LogP contribution in [0.1, 0.15) is 0 Å². The van der Waals surface area contributed by atoms with Crippen LogP contribution in [-0.2, 0) is 0 Å². The first-order valence-electron chi connectivity index (χ1n) is 3.16. The van der Waals surface area contributed by atoms with Crippen molar-refractivity contribution in [1.29, 1.82) is 2.47 Å². The Hall–Kier alpha value is -0.563. The standard InChI is InChI=1S/C6H7Si/c7-6-4-2-1-3-5-6/h1-5H,7H2/i7T2. The molecule has 0 N–H and O–H groups in total. The fourth-order valence-corrected chi connectivity index (χ4v) is 0.631. The molecule has 0 saturated heterocycles. The molecule has 1 aromatic carbocycles. The van der Waals surface area contributed by atoms with Crippen LogP contribution < -0.4 is 5.19 Å². The van der Waals surface area contributed by atoms with Crippen LogP contribution in [-0.4, -0.2) is 12.6 Å². The predicted molar refractivity (Wildman–Crippen MR) is 34.6 cm³/mol. The molecule has 1 rings (SSSR count). The summed E-state index contributed by atoms with van der Waals surface area (Å²) in [7, 11) is -1.71. The van der Waals surface area contributed by atoms with Gasteiger partial charge in [0.1, 0.15) is 0 Å². The molecule has 0 aliphatic carbocycles. The van der Waals surface area contributed by atoms with Crippen molar-refractivity contribution >= 4 is 15.3 Å². The molecule has 0 saturated carbocycles. The lowest BCUT2D eigenvalue weighted by atomic mass is 10.4. The highest BCUT2D eigenvalue weighted by atomic mass is 28.1. The molecule has 1 aromatic rings. The Balaban J connectivity index is 2.85. The third-order valence-corrected chi connectivity index (χ3v) is 1.11. The molecule has 0 aromatic heterocycles. The van der Waals surface area contributed by atoms with E-state index in [2.05, 4.69) is 0 Å². The number of hydrogen-bond acceptors (Lipinski definition) is 0. The van der Waals surface area contributed by atoms with Crippen molar-refractivity contribution < 1.29 is 0 Å². The maximum absolute atomic E-state index is 7.09. The third kappa shape index (κ3) is 1.16. The molecule has 0 spiro atoms. The van der Waals surface area contributed by atoms with E-state index < -0.39 is 10.1 Å². The predicted octanol–water partition coefficient (Wildman–Crippen LogP) is -0.0550. The summed E-state index contributed by atoms with van der Waals surface area (Å²) < 4.78 is 14.2. The largest absolute Gasteiger partial charge is 0.0697 e. The lowest BCUT2D eigenvalue weighted by Crippen LogP contribution is -1.97. The summed E-state index contributed by atoms with van der Waals surface area (Å²) >= 11 is 0. The van der Waals surface area contributed by atoms with E-state index in [1.807, 2.05) is 30.3 Å². The van der Waals surface area contributed by atoms with Crippen molar-refractivity contribution in [3.05, 3.63) is 30.3 Å². The number of benzene rings is 1. The Bertz CT molecular complexity index is 174. The van der Waals surface area contributed by atoms with Crippen molar-refractivity contribution in [2.75, 3.05) is 0 Å². The van der Waals surface area contributed by atoms with E-state index in [9.17, 15) is 0 Å². The molecular formula is C6H7Si. The maximum atomic E-state index is 7.09. The summed E-state index contributed by atoms with van der Waals surface area (Å²) in [5, 5.41) is 0.850. The minimum atomic E-state index is -1.71. The Labute approximate surface area is 49.1 Å². The highest BCUT2D eigenvalue weighted by molar-refractivity contribution is 6.32. The molecule has 0 amide bonds. The molecule has 0 fully saturated rings. The SMILES string of the molecule is [3H][Si]([3H])c1ccccc1. The molecule has 0 heterocycles. The van der Waals surface area contributed by atoms with Crippen LogP contribution in [0.3, 0.4) is 0 Å². The quantitative estimate of drug-likeness (QED) is 0.446. The minimum Gasteiger partial charge on any atom is -0.0697 e. The topological polar surface area (TPSA) is 0 Å². The van der Waals surface area contributed by atoms with Gasteiger partial charge < -0.3 is 0 Å². The van der Waals surface area contributed by atoms with Gasteiger partial charge in [0, 0.05) is 12.6 Å². The van der Waals surface area contributed by atoms with E-state index in [0.29, 0.717) is 0 Å². The van der Waals surface area contributed by atoms with Crippen LogP contribution in [0.25, 0.3) is 0 Å². The van der Waals surface area contributed by atoms with Crippen molar-refractivity contribution in [3.8, 4) is 0 Å². The van der Waals surface area contributed by atoms with Crippen molar-refractivity contribution in [3.63, 3.8) is 0 Å².